The van der Waals surface area contributed by atoms with Gasteiger partial charge >= 0.3 is 0 Å². The first-order chi connectivity index (χ1) is 9.42. The van der Waals surface area contributed by atoms with E-state index in [1.165, 1.54) is 37.8 Å². The summed E-state index contributed by atoms with van der Waals surface area (Å²) >= 11 is 0. The first-order valence-corrected chi connectivity index (χ1v) is 8.88. The van der Waals surface area contributed by atoms with Crippen LogP contribution in [0.3, 0.4) is 0 Å². The normalized spacial score (nSPS) is 15.8. The van der Waals surface area contributed by atoms with Crippen LogP contribution in [0.1, 0.15) is 87.0 Å². The Balaban J connectivity index is 4.61. The van der Waals surface area contributed by atoms with E-state index in [2.05, 4.69) is 59.9 Å². The van der Waals surface area contributed by atoms with Crippen molar-refractivity contribution < 1.29 is 0 Å². The van der Waals surface area contributed by atoms with Crippen LogP contribution in [0.2, 0.25) is 0 Å². The van der Waals surface area contributed by atoms with Gasteiger partial charge in [0.15, 0.2) is 0 Å². The van der Waals surface area contributed by atoms with Gasteiger partial charge in [0.05, 0.1) is 0 Å². The van der Waals surface area contributed by atoms with E-state index >= 15 is 0 Å². The molecule has 2 atom stereocenters. The molecule has 0 saturated heterocycles. The molecule has 1 N–H and O–H groups in total. The Kier molecular flexibility index (Phi) is 11.0. The fourth-order valence-electron chi connectivity index (χ4n) is 2.82. The second-order valence-corrected chi connectivity index (χ2v) is 7.04. The number of hydrogen-bond donors (Lipinski definition) is 1. The van der Waals surface area contributed by atoms with Gasteiger partial charge in [-0.2, -0.15) is 0 Å². The summed E-state index contributed by atoms with van der Waals surface area (Å²) in [5, 5.41) is 3.71. The molecule has 0 aliphatic rings. The van der Waals surface area contributed by atoms with E-state index in [0.29, 0.717) is 6.04 Å². The lowest BCUT2D eigenvalue weighted by Crippen LogP contribution is -2.29. The molecule has 120 valence electrons. The molecule has 1 nitrogen and oxygen atoms in total. The summed E-state index contributed by atoms with van der Waals surface area (Å²) in [6, 6.07) is 0.537. The van der Waals surface area contributed by atoms with E-state index in [4.69, 9.17) is 0 Å². The Labute approximate surface area is 128 Å². The zero-order valence-electron chi connectivity index (χ0n) is 15.1. The van der Waals surface area contributed by atoms with Crippen molar-refractivity contribution >= 4 is 0 Å². The van der Waals surface area contributed by atoms with Crippen LogP contribution in [-0.2, 0) is 0 Å². The summed E-state index contributed by atoms with van der Waals surface area (Å²) in [6.07, 6.45) is 10.3. The topological polar surface area (TPSA) is 12.0 Å². The molecule has 0 saturated carbocycles. The third-order valence-corrected chi connectivity index (χ3v) is 4.16. The third-order valence-electron chi connectivity index (χ3n) is 4.16. The third kappa shape index (κ3) is 8.66. The highest BCUT2D eigenvalue weighted by molar-refractivity contribution is 5.06. The molecular weight excluding hydrogens is 242 g/mol. The van der Waals surface area contributed by atoms with Crippen LogP contribution < -0.4 is 5.32 Å². The van der Waals surface area contributed by atoms with Gasteiger partial charge in [-0.15, -0.1) is 0 Å². The quantitative estimate of drug-likeness (QED) is 0.447. The minimum absolute atomic E-state index is 0.537. The van der Waals surface area contributed by atoms with E-state index < -0.39 is 0 Å². The van der Waals surface area contributed by atoms with Crippen LogP contribution in [0.4, 0.5) is 0 Å². The number of allylic oxidation sites excluding steroid dienone is 2. The predicted octanol–water partition coefficient (Wildman–Crippen LogP) is 6.16. The average Bonchev–Trinajstić information content (AvgIpc) is 2.36. The largest absolute Gasteiger partial charge is 0.386 e. The highest BCUT2D eigenvalue weighted by Crippen LogP contribution is 2.28. The Bertz CT molecular complexity index is 252. The zero-order valence-corrected chi connectivity index (χ0v) is 15.1. The van der Waals surface area contributed by atoms with Crippen molar-refractivity contribution in [2.45, 2.75) is 93.0 Å². The molecule has 0 aliphatic carbocycles. The van der Waals surface area contributed by atoms with Crippen molar-refractivity contribution in [3.05, 3.63) is 11.8 Å². The summed E-state index contributed by atoms with van der Waals surface area (Å²) in [6.45, 7) is 16.1. The van der Waals surface area contributed by atoms with Crippen molar-refractivity contribution in [1.29, 1.82) is 0 Å². The molecule has 0 fully saturated rings. The first kappa shape index (κ1) is 19.5. The Hall–Kier alpha value is -0.460. The summed E-state index contributed by atoms with van der Waals surface area (Å²) in [7, 11) is 0. The molecule has 20 heavy (non-hydrogen) atoms. The van der Waals surface area contributed by atoms with Crippen molar-refractivity contribution in [2.24, 2.45) is 17.8 Å². The van der Waals surface area contributed by atoms with Gasteiger partial charge in [0.2, 0.25) is 0 Å². The Morgan fingerprint density at radius 1 is 0.950 bits per heavy atom. The van der Waals surface area contributed by atoms with Crippen LogP contribution in [0.5, 0.6) is 0 Å². The molecule has 0 aromatic rings. The Morgan fingerprint density at radius 2 is 1.55 bits per heavy atom. The predicted molar refractivity (Wildman–Crippen MR) is 92.9 cm³/mol. The van der Waals surface area contributed by atoms with Gasteiger partial charge in [-0.3, -0.25) is 0 Å². The zero-order chi connectivity index (χ0) is 15.5. The van der Waals surface area contributed by atoms with Crippen LogP contribution in [0.25, 0.3) is 0 Å². The second kappa shape index (κ2) is 11.2. The maximum Gasteiger partial charge on any atom is 0.0201 e. The van der Waals surface area contributed by atoms with E-state index in [1.54, 1.807) is 0 Å². The number of unbranched alkanes of at least 4 members (excludes halogenated alkanes) is 1. The summed E-state index contributed by atoms with van der Waals surface area (Å²) in [4.78, 5) is 0. The van der Waals surface area contributed by atoms with Crippen LogP contribution in [0, 0.1) is 17.8 Å². The molecule has 0 aromatic carbocycles. The molecular formula is C19H39N. The van der Waals surface area contributed by atoms with Crippen molar-refractivity contribution in [3.8, 4) is 0 Å². The minimum atomic E-state index is 0.537. The minimum Gasteiger partial charge on any atom is -0.386 e. The van der Waals surface area contributed by atoms with Crippen molar-refractivity contribution in [2.75, 3.05) is 0 Å². The molecule has 0 heterocycles. The summed E-state index contributed by atoms with van der Waals surface area (Å²) in [5.74, 6) is 2.34. The summed E-state index contributed by atoms with van der Waals surface area (Å²) < 4.78 is 0. The van der Waals surface area contributed by atoms with E-state index in [0.717, 1.165) is 24.2 Å². The van der Waals surface area contributed by atoms with Crippen molar-refractivity contribution in [1.82, 2.24) is 5.32 Å². The maximum absolute atomic E-state index is 3.71. The van der Waals surface area contributed by atoms with E-state index in [1.807, 2.05) is 0 Å². The van der Waals surface area contributed by atoms with Gasteiger partial charge in [0.1, 0.15) is 0 Å². The van der Waals surface area contributed by atoms with Gasteiger partial charge in [0, 0.05) is 17.7 Å². The lowest BCUT2D eigenvalue weighted by Gasteiger charge is -2.29. The fourth-order valence-corrected chi connectivity index (χ4v) is 2.82. The second-order valence-electron chi connectivity index (χ2n) is 7.04. The SMILES string of the molecule is CC/C=C(\NC(C)C)C(CCCCC(C)C)C(C)CC. The highest BCUT2D eigenvalue weighted by Gasteiger charge is 2.20. The van der Waals surface area contributed by atoms with Crippen LogP contribution >= 0.6 is 0 Å². The van der Waals surface area contributed by atoms with Gasteiger partial charge in [-0.05, 0) is 38.5 Å². The smallest absolute Gasteiger partial charge is 0.0201 e. The number of rotatable bonds is 11. The van der Waals surface area contributed by atoms with Crippen LogP contribution in [-0.4, -0.2) is 6.04 Å². The van der Waals surface area contributed by atoms with E-state index in [9.17, 15) is 0 Å². The molecule has 0 aliphatic heterocycles. The number of hydrogen-bond acceptors (Lipinski definition) is 1. The highest BCUT2D eigenvalue weighted by atomic mass is 14.9. The summed E-state index contributed by atoms with van der Waals surface area (Å²) in [5.41, 5.74) is 1.50. The molecule has 0 aromatic heterocycles. The first-order valence-electron chi connectivity index (χ1n) is 8.88. The number of nitrogens with one attached hydrogen (secondary N) is 1. The van der Waals surface area contributed by atoms with Gasteiger partial charge < -0.3 is 5.32 Å². The van der Waals surface area contributed by atoms with Gasteiger partial charge in [-0.25, -0.2) is 0 Å². The molecule has 1 heteroatoms. The molecule has 0 amide bonds. The molecule has 0 bridgehead atoms. The monoisotopic (exact) mass is 281 g/mol. The lowest BCUT2D eigenvalue weighted by atomic mass is 9.83. The molecule has 2 unspecified atom stereocenters. The maximum atomic E-state index is 3.71. The van der Waals surface area contributed by atoms with E-state index in [-0.39, 0.29) is 0 Å². The van der Waals surface area contributed by atoms with Crippen LogP contribution in [0.15, 0.2) is 11.8 Å². The van der Waals surface area contributed by atoms with Gasteiger partial charge in [-0.1, -0.05) is 66.4 Å². The molecule has 0 rings (SSSR count). The standard InChI is InChI=1S/C19H39N/c1-8-12-19(20-16(5)6)18(17(7)9-2)14-11-10-13-15(3)4/h12,15-18,20H,8-11,13-14H2,1-7H3/b19-12-. The fraction of sp³-hybridized carbons (Fsp3) is 0.895. The average molecular weight is 282 g/mol. The molecule has 0 radical (unpaired) electrons. The lowest BCUT2D eigenvalue weighted by molar-refractivity contribution is 0.336. The van der Waals surface area contributed by atoms with Crippen molar-refractivity contribution in [3.63, 3.8) is 0 Å². The molecule has 0 spiro atoms. The van der Waals surface area contributed by atoms with Gasteiger partial charge in [0.25, 0.3) is 0 Å². The Morgan fingerprint density at radius 3 is 2.00 bits per heavy atom.